The highest BCUT2D eigenvalue weighted by Gasteiger charge is 2.42. The molecule has 5 heteroatoms. The monoisotopic (exact) mass is 366 g/mol. The minimum Gasteiger partial charge on any atom is -0.273 e. The first-order valence-electron chi connectivity index (χ1n) is 7.98. The van der Waals surface area contributed by atoms with E-state index in [9.17, 15) is 9.59 Å². The first-order valence-corrected chi connectivity index (χ1v) is 8.77. The molecule has 0 aromatic heterocycles. The lowest BCUT2D eigenvalue weighted by Gasteiger charge is -2.08. The first-order chi connectivity index (χ1) is 10.6. The van der Waals surface area contributed by atoms with Crippen molar-refractivity contribution in [2.75, 3.05) is 0 Å². The van der Waals surface area contributed by atoms with Crippen LogP contribution < -0.4 is 10.9 Å². The fraction of sp³-hybridized carbons (Fsp3) is 0.529. The molecule has 2 N–H and O–H groups in total. The standard InChI is InChI=1S/C17H23BrN2O2/c1-2-3-4-5-8-12-11-14(12)17(22)20-19-16(21)13-9-6-7-10-15(13)18/h6-7,9-10,12,14H,2-5,8,11H2,1H3,(H,19,21)(H,20,22)/t12-,14-/m1/s1. The minimum atomic E-state index is -0.305. The van der Waals surface area contributed by atoms with E-state index in [2.05, 4.69) is 33.7 Å². The third-order valence-corrected chi connectivity index (χ3v) is 4.80. The lowest BCUT2D eigenvalue weighted by molar-refractivity contribution is -0.123. The zero-order valence-corrected chi connectivity index (χ0v) is 14.5. The van der Waals surface area contributed by atoms with Gasteiger partial charge in [-0.3, -0.25) is 20.4 Å². The van der Waals surface area contributed by atoms with Crippen molar-refractivity contribution in [3.05, 3.63) is 34.3 Å². The quantitative estimate of drug-likeness (QED) is 0.569. The predicted octanol–water partition coefficient (Wildman–Crippen LogP) is 3.82. The summed E-state index contributed by atoms with van der Waals surface area (Å²) in [6, 6.07) is 7.13. The van der Waals surface area contributed by atoms with Crippen LogP contribution in [-0.4, -0.2) is 11.8 Å². The molecule has 1 fully saturated rings. The molecule has 1 aliphatic carbocycles. The van der Waals surface area contributed by atoms with Crippen molar-refractivity contribution in [1.29, 1.82) is 0 Å². The van der Waals surface area contributed by atoms with Crippen molar-refractivity contribution in [1.82, 2.24) is 10.9 Å². The number of nitrogens with one attached hydrogen (secondary N) is 2. The van der Waals surface area contributed by atoms with E-state index >= 15 is 0 Å². The van der Waals surface area contributed by atoms with Gasteiger partial charge in [0.25, 0.3) is 5.91 Å². The average Bonchev–Trinajstić information content (AvgIpc) is 3.29. The number of benzene rings is 1. The van der Waals surface area contributed by atoms with Crippen LogP contribution in [0.4, 0.5) is 0 Å². The summed E-state index contributed by atoms with van der Waals surface area (Å²) < 4.78 is 0.710. The molecular formula is C17H23BrN2O2. The van der Waals surface area contributed by atoms with Crippen LogP contribution in [0.5, 0.6) is 0 Å². The Kier molecular flexibility index (Phi) is 6.43. The van der Waals surface area contributed by atoms with Gasteiger partial charge in [0, 0.05) is 10.4 Å². The normalized spacial score (nSPS) is 19.5. The topological polar surface area (TPSA) is 58.2 Å². The summed E-state index contributed by atoms with van der Waals surface area (Å²) in [5, 5.41) is 0. The Morgan fingerprint density at radius 2 is 1.95 bits per heavy atom. The van der Waals surface area contributed by atoms with Crippen LogP contribution in [0.2, 0.25) is 0 Å². The molecule has 0 bridgehead atoms. The van der Waals surface area contributed by atoms with Crippen molar-refractivity contribution in [2.24, 2.45) is 11.8 Å². The highest BCUT2D eigenvalue weighted by molar-refractivity contribution is 9.10. The Bertz CT molecular complexity index is 533. The predicted molar refractivity (Wildman–Crippen MR) is 90.1 cm³/mol. The zero-order chi connectivity index (χ0) is 15.9. The highest BCUT2D eigenvalue weighted by atomic mass is 79.9. The highest BCUT2D eigenvalue weighted by Crippen LogP contribution is 2.42. The van der Waals surface area contributed by atoms with Crippen LogP contribution in [0, 0.1) is 11.8 Å². The van der Waals surface area contributed by atoms with E-state index in [1.54, 1.807) is 18.2 Å². The van der Waals surface area contributed by atoms with Crippen molar-refractivity contribution < 1.29 is 9.59 Å². The van der Waals surface area contributed by atoms with Gasteiger partial charge >= 0.3 is 0 Å². The molecule has 4 nitrogen and oxygen atoms in total. The molecule has 22 heavy (non-hydrogen) atoms. The molecular weight excluding hydrogens is 344 g/mol. The van der Waals surface area contributed by atoms with E-state index in [0.717, 1.165) is 12.8 Å². The second-order valence-corrected chi connectivity index (χ2v) is 6.73. The lowest BCUT2D eigenvalue weighted by Crippen LogP contribution is -2.42. The van der Waals surface area contributed by atoms with Crippen molar-refractivity contribution in [2.45, 2.75) is 45.4 Å². The molecule has 120 valence electrons. The van der Waals surface area contributed by atoms with Gasteiger partial charge in [-0.15, -0.1) is 0 Å². The van der Waals surface area contributed by atoms with Gasteiger partial charge < -0.3 is 0 Å². The fourth-order valence-electron chi connectivity index (χ4n) is 2.64. The molecule has 2 amide bonds. The van der Waals surface area contributed by atoms with Gasteiger partial charge in [0.05, 0.1) is 5.56 Å². The molecule has 0 aliphatic heterocycles. The maximum atomic E-state index is 12.0. The summed E-state index contributed by atoms with van der Waals surface area (Å²) in [7, 11) is 0. The van der Waals surface area contributed by atoms with E-state index in [-0.39, 0.29) is 17.7 Å². The van der Waals surface area contributed by atoms with Crippen LogP contribution >= 0.6 is 15.9 Å². The second-order valence-electron chi connectivity index (χ2n) is 5.87. The van der Waals surface area contributed by atoms with E-state index < -0.39 is 0 Å². The van der Waals surface area contributed by atoms with Crippen LogP contribution in [0.25, 0.3) is 0 Å². The van der Waals surface area contributed by atoms with Gasteiger partial charge in [-0.2, -0.15) is 0 Å². The van der Waals surface area contributed by atoms with Crippen molar-refractivity contribution in [3.8, 4) is 0 Å². The summed E-state index contributed by atoms with van der Waals surface area (Å²) in [4.78, 5) is 24.0. The minimum absolute atomic E-state index is 0.0686. The van der Waals surface area contributed by atoms with Gasteiger partial charge in [0.1, 0.15) is 0 Å². The third-order valence-electron chi connectivity index (χ3n) is 4.11. The van der Waals surface area contributed by atoms with Gasteiger partial charge in [-0.05, 0) is 46.8 Å². The number of unbranched alkanes of at least 4 members (excludes halogenated alkanes) is 3. The molecule has 1 aromatic carbocycles. The van der Waals surface area contributed by atoms with Gasteiger partial charge in [0.2, 0.25) is 5.91 Å². The molecule has 1 aliphatic rings. The van der Waals surface area contributed by atoms with Crippen molar-refractivity contribution >= 4 is 27.7 Å². The summed E-state index contributed by atoms with van der Waals surface area (Å²) in [6.45, 7) is 2.20. The number of carbonyl (C=O) groups excluding carboxylic acids is 2. The molecule has 0 radical (unpaired) electrons. The molecule has 1 aromatic rings. The summed E-state index contributed by atoms with van der Waals surface area (Å²) >= 11 is 3.32. The molecule has 1 saturated carbocycles. The number of hydrogen-bond acceptors (Lipinski definition) is 2. The number of carbonyl (C=O) groups is 2. The second kappa shape index (κ2) is 8.32. The number of hydrogen-bond donors (Lipinski definition) is 2. The summed E-state index contributed by atoms with van der Waals surface area (Å²) in [6.07, 6.45) is 7.02. The first kappa shape index (κ1) is 17.0. The summed E-state index contributed by atoms with van der Waals surface area (Å²) in [5.41, 5.74) is 5.54. The van der Waals surface area contributed by atoms with Gasteiger partial charge in [0.15, 0.2) is 0 Å². The molecule has 2 atom stereocenters. The maximum absolute atomic E-state index is 12.0. The van der Waals surface area contributed by atoms with E-state index in [4.69, 9.17) is 0 Å². The van der Waals surface area contributed by atoms with Gasteiger partial charge in [-0.1, -0.05) is 44.7 Å². The third kappa shape index (κ3) is 4.83. The fourth-order valence-corrected chi connectivity index (χ4v) is 3.11. The Hall–Kier alpha value is -1.36. The average molecular weight is 367 g/mol. The molecule has 0 spiro atoms. The maximum Gasteiger partial charge on any atom is 0.270 e. The van der Waals surface area contributed by atoms with Gasteiger partial charge in [-0.25, -0.2) is 0 Å². The van der Waals surface area contributed by atoms with E-state index in [1.807, 2.05) is 6.07 Å². The molecule has 0 saturated heterocycles. The van der Waals surface area contributed by atoms with Crippen LogP contribution in [0.3, 0.4) is 0 Å². The number of amides is 2. The summed E-state index contributed by atoms with van der Waals surface area (Å²) in [5.74, 6) is 0.195. The zero-order valence-electron chi connectivity index (χ0n) is 12.9. The number of halogens is 1. The molecule has 0 heterocycles. The Labute approximate surface area is 140 Å². The van der Waals surface area contributed by atoms with Crippen molar-refractivity contribution in [3.63, 3.8) is 0 Å². The van der Waals surface area contributed by atoms with Crippen LogP contribution in [0.1, 0.15) is 55.8 Å². The SMILES string of the molecule is CCCCCC[C@@H]1C[C@H]1C(=O)NNC(=O)c1ccccc1Br. The number of hydrazine groups is 1. The Balaban J connectivity index is 1.69. The molecule has 2 rings (SSSR count). The smallest absolute Gasteiger partial charge is 0.270 e. The van der Waals surface area contributed by atoms with E-state index in [0.29, 0.717) is 16.0 Å². The number of rotatable bonds is 7. The lowest BCUT2D eigenvalue weighted by atomic mass is 10.1. The Morgan fingerprint density at radius 1 is 1.18 bits per heavy atom. The van der Waals surface area contributed by atoms with E-state index in [1.165, 1.54) is 25.7 Å². The molecule has 0 unspecified atom stereocenters. The Morgan fingerprint density at radius 3 is 2.68 bits per heavy atom. The van der Waals surface area contributed by atoms with Crippen LogP contribution in [-0.2, 0) is 4.79 Å². The van der Waals surface area contributed by atoms with Crippen LogP contribution in [0.15, 0.2) is 28.7 Å². The largest absolute Gasteiger partial charge is 0.273 e.